The molecule has 8 nitrogen and oxygen atoms in total. The number of carbonyl (C=O) groups excluding carboxylic acids is 2. The Morgan fingerprint density at radius 1 is 0.947 bits per heavy atom. The standard InChI is InChI=1S/C30H28N2O6/c1-3-4-15-37-24-12-10-21(11-13-24)30(35)38-27-14-9-20(16-28(27)36-2)19-31-32-29(34)25-17-22-7-5-6-8-23(22)18-26(25)33/h5-14,16-19,33H,3-4,15H2,1-2H3,(H,32,34). The predicted octanol–water partition coefficient (Wildman–Crippen LogP) is 5.72. The summed E-state index contributed by atoms with van der Waals surface area (Å²) >= 11 is 0. The number of methoxy groups -OCH3 is 1. The zero-order chi connectivity index (χ0) is 26.9. The van der Waals surface area contributed by atoms with Gasteiger partial charge in [0.15, 0.2) is 11.5 Å². The summed E-state index contributed by atoms with van der Waals surface area (Å²) in [6.07, 6.45) is 3.42. The van der Waals surface area contributed by atoms with E-state index in [-0.39, 0.29) is 17.1 Å². The second-order valence-corrected chi connectivity index (χ2v) is 8.44. The van der Waals surface area contributed by atoms with Crippen LogP contribution in [0.25, 0.3) is 10.8 Å². The van der Waals surface area contributed by atoms with E-state index in [1.807, 2.05) is 24.3 Å². The molecule has 0 aliphatic heterocycles. The molecule has 0 spiro atoms. The van der Waals surface area contributed by atoms with Crippen LogP contribution in [-0.4, -0.2) is 36.9 Å². The van der Waals surface area contributed by atoms with Crippen molar-refractivity contribution in [1.82, 2.24) is 5.43 Å². The Morgan fingerprint density at radius 2 is 1.68 bits per heavy atom. The van der Waals surface area contributed by atoms with Crippen molar-refractivity contribution in [2.45, 2.75) is 19.8 Å². The summed E-state index contributed by atoms with van der Waals surface area (Å²) in [7, 11) is 1.46. The number of amides is 1. The maximum atomic E-state index is 12.6. The number of aromatic hydroxyl groups is 1. The molecule has 0 aliphatic rings. The van der Waals surface area contributed by atoms with Crippen molar-refractivity contribution < 1.29 is 28.9 Å². The molecule has 0 bridgehead atoms. The molecule has 0 atom stereocenters. The summed E-state index contributed by atoms with van der Waals surface area (Å²) in [5.41, 5.74) is 3.50. The van der Waals surface area contributed by atoms with Crippen LogP contribution in [0.4, 0.5) is 0 Å². The highest BCUT2D eigenvalue weighted by atomic mass is 16.6. The van der Waals surface area contributed by atoms with Gasteiger partial charge in [-0.2, -0.15) is 5.10 Å². The molecule has 194 valence electrons. The number of hydrazone groups is 1. The Kier molecular flexibility index (Phi) is 8.56. The van der Waals surface area contributed by atoms with Gasteiger partial charge in [-0.15, -0.1) is 0 Å². The largest absolute Gasteiger partial charge is 0.507 e. The number of nitrogens with one attached hydrogen (secondary N) is 1. The number of phenols is 1. The van der Waals surface area contributed by atoms with Gasteiger partial charge in [-0.05, 0) is 77.4 Å². The van der Waals surface area contributed by atoms with E-state index in [0.717, 1.165) is 23.6 Å². The fourth-order valence-corrected chi connectivity index (χ4v) is 3.67. The summed E-state index contributed by atoms with van der Waals surface area (Å²) in [5.74, 6) is 0.0291. The van der Waals surface area contributed by atoms with E-state index in [0.29, 0.717) is 29.2 Å². The van der Waals surface area contributed by atoms with Gasteiger partial charge >= 0.3 is 5.97 Å². The monoisotopic (exact) mass is 512 g/mol. The van der Waals surface area contributed by atoms with Crippen molar-refractivity contribution in [3.63, 3.8) is 0 Å². The van der Waals surface area contributed by atoms with Gasteiger partial charge in [0.2, 0.25) is 0 Å². The summed E-state index contributed by atoms with van der Waals surface area (Å²) in [5, 5.41) is 15.9. The van der Waals surface area contributed by atoms with E-state index in [9.17, 15) is 14.7 Å². The van der Waals surface area contributed by atoms with Gasteiger partial charge < -0.3 is 19.3 Å². The van der Waals surface area contributed by atoms with Crippen molar-refractivity contribution in [2.75, 3.05) is 13.7 Å². The molecule has 4 aromatic carbocycles. The van der Waals surface area contributed by atoms with E-state index < -0.39 is 11.9 Å². The van der Waals surface area contributed by atoms with Crippen LogP contribution in [0, 0.1) is 0 Å². The van der Waals surface area contributed by atoms with Gasteiger partial charge in [-0.3, -0.25) is 4.79 Å². The first-order valence-corrected chi connectivity index (χ1v) is 12.2. The number of benzene rings is 4. The summed E-state index contributed by atoms with van der Waals surface area (Å²) < 4.78 is 16.5. The molecule has 4 rings (SSSR count). The lowest BCUT2D eigenvalue weighted by Gasteiger charge is -2.10. The molecule has 0 unspecified atom stereocenters. The van der Waals surface area contributed by atoms with Crippen LogP contribution in [0.1, 0.15) is 46.0 Å². The number of hydrogen-bond donors (Lipinski definition) is 2. The fourth-order valence-electron chi connectivity index (χ4n) is 3.67. The van der Waals surface area contributed by atoms with Gasteiger partial charge in [-0.1, -0.05) is 37.6 Å². The van der Waals surface area contributed by atoms with Crippen molar-refractivity contribution in [3.8, 4) is 23.0 Å². The Morgan fingerprint density at radius 3 is 2.39 bits per heavy atom. The SMILES string of the molecule is CCCCOc1ccc(C(=O)Oc2ccc(C=NNC(=O)c3cc4ccccc4cc3O)cc2OC)cc1. The Bertz CT molecular complexity index is 1460. The van der Waals surface area contributed by atoms with Crippen LogP contribution < -0.4 is 19.6 Å². The van der Waals surface area contributed by atoms with Crippen molar-refractivity contribution in [2.24, 2.45) is 5.10 Å². The Balaban J connectivity index is 1.39. The van der Waals surface area contributed by atoms with E-state index in [1.165, 1.54) is 19.4 Å². The van der Waals surface area contributed by atoms with Crippen LogP contribution in [0.2, 0.25) is 0 Å². The first-order chi connectivity index (χ1) is 18.5. The third kappa shape index (κ3) is 6.47. The molecule has 0 fully saturated rings. The van der Waals surface area contributed by atoms with Gasteiger partial charge in [0.1, 0.15) is 11.5 Å². The third-order valence-corrected chi connectivity index (χ3v) is 5.74. The molecule has 0 heterocycles. The zero-order valence-corrected chi connectivity index (χ0v) is 21.1. The summed E-state index contributed by atoms with van der Waals surface area (Å²) in [6, 6.07) is 22.2. The molecule has 0 saturated heterocycles. The van der Waals surface area contributed by atoms with Crippen LogP contribution in [0.5, 0.6) is 23.0 Å². The molecular weight excluding hydrogens is 484 g/mol. The van der Waals surface area contributed by atoms with Gasteiger partial charge in [0, 0.05) is 0 Å². The number of carbonyl (C=O) groups is 2. The van der Waals surface area contributed by atoms with E-state index in [4.69, 9.17) is 14.2 Å². The third-order valence-electron chi connectivity index (χ3n) is 5.74. The molecule has 1 amide bonds. The highest BCUT2D eigenvalue weighted by Crippen LogP contribution is 2.29. The van der Waals surface area contributed by atoms with Crippen molar-refractivity contribution in [3.05, 3.63) is 95.6 Å². The van der Waals surface area contributed by atoms with Gasteiger partial charge in [0.05, 0.1) is 31.1 Å². The minimum absolute atomic E-state index is 0.112. The number of esters is 1. The van der Waals surface area contributed by atoms with Crippen LogP contribution in [0.3, 0.4) is 0 Å². The lowest BCUT2D eigenvalue weighted by molar-refractivity contribution is 0.0729. The molecule has 2 N–H and O–H groups in total. The molecule has 0 aromatic heterocycles. The molecule has 4 aromatic rings. The maximum Gasteiger partial charge on any atom is 0.343 e. The predicted molar refractivity (Wildman–Crippen MR) is 145 cm³/mol. The molecule has 0 radical (unpaired) electrons. The fraction of sp³-hybridized carbons (Fsp3) is 0.167. The average molecular weight is 513 g/mol. The number of hydrogen-bond acceptors (Lipinski definition) is 7. The highest BCUT2D eigenvalue weighted by molar-refractivity contribution is 6.01. The van der Waals surface area contributed by atoms with Crippen LogP contribution in [-0.2, 0) is 0 Å². The van der Waals surface area contributed by atoms with Gasteiger partial charge in [0.25, 0.3) is 5.91 Å². The number of rotatable bonds is 10. The second kappa shape index (κ2) is 12.4. The normalized spacial score (nSPS) is 10.9. The summed E-state index contributed by atoms with van der Waals surface area (Å²) in [6.45, 7) is 2.72. The molecule has 38 heavy (non-hydrogen) atoms. The molecule has 8 heteroatoms. The molecular formula is C30H28N2O6. The number of ether oxygens (including phenoxy) is 3. The first kappa shape index (κ1) is 26.2. The Labute approximate surface area is 220 Å². The topological polar surface area (TPSA) is 106 Å². The number of phenolic OH excluding ortho intramolecular Hbond substituents is 1. The first-order valence-electron chi connectivity index (χ1n) is 12.2. The van der Waals surface area contributed by atoms with Gasteiger partial charge in [-0.25, -0.2) is 10.2 Å². The maximum absolute atomic E-state index is 12.6. The molecule has 0 aliphatic carbocycles. The quantitative estimate of drug-likeness (QED) is 0.0926. The second-order valence-electron chi connectivity index (χ2n) is 8.44. The minimum Gasteiger partial charge on any atom is -0.507 e. The lowest BCUT2D eigenvalue weighted by atomic mass is 10.1. The summed E-state index contributed by atoms with van der Waals surface area (Å²) in [4.78, 5) is 25.2. The Hall–Kier alpha value is -4.85. The van der Waals surface area contributed by atoms with Crippen LogP contribution >= 0.6 is 0 Å². The molecule has 0 saturated carbocycles. The lowest BCUT2D eigenvalue weighted by Crippen LogP contribution is -2.17. The van der Waals surface area contributed by atoms with E-state index in [1.54, 1.807) is 48.5 Å². The highest BCUT2D eigenvalue weighted by Gasteiger charge is 2.14. The number of unbranched alkanes of at least 4 members (excludes halogenated alkanes) is 1. The van der Waals surface area contributed by atoms with Crippen molar-refractivity contribution in [1.29, 1.82) is 0 Å². The minimum atomic E-state index is -0.552. The number of nitrogens with zero attached hydrogens (tertiary/aromatic N) is 1. The van der Waals surface area contributed by atoms with Crippen LogP contribution in [0.15, 0.2) is 84.0 Å². The average Bonchev–Trinajstić information content (AvgIpc) is 2.93. The van der Waals surface area contributed by atoms with Crippen molar-refractivity contribution >= 4 is 28.9 Å². The number of fused-ring (bicyclic) bond motifs is 1. The zero-order valence-electron chi connectivity index (χ0n) is 21.1. The smallest absolute Gasteiger partial charge is 0.343 e. The van der Waals surface area contributed by atoms with E-state index >= 15 is 0 Å². The van der Waals surface area contributed by atoms with E-state index in [2.05, 4.69) is 17.5 Å².